The summed E-state index contributed by atoms with van der Waals surface area (Å²) in [6.07, 6.45) is 1.71. The minimum atomic E-state index is -0.141. The van der Waals surface area contributed by atoms with Gasteiger partial charge in [-0.3, -0.25) is 4.79 Å². The molecule has 21 heavy (non-hydrogen) atoms. The van der Waals surface area contributed by atoms with E-state index in [9.17, 15) is 4.79 Å². The predicted molar refractivity (Wildman–Crippen MR) is 82.8 cm³/mol. The van der Waals surface area contributed by atoms with Gasteiger partial charge in [0.2, 0.25) is 5.91 Å². The highest BCUT2D eigenvalue weighted by Gasteiger charge is 2.36. The van der Waals surface area contributed by atoms with Crippen LogP contribution in [-0.4, -0.2) is 29.9 Å². The van der Waals surface area contributed by atoms with Crippen molar-refractivity contribution in [1.29, 1.82) is 0 Å². The first kappa shape index (κ1) is 15.4. The molecule has 0 saturated carbocycles. The van der Waals surface area contributed by atoms with E-state index in [0.29, 0.717) is 5.92 Å². The molecule has 5 heteroatoms. The van der Waals surface area contributed by atoms with Crippen molar-refractivity contribution >= 4 is 5.91 Å². The fourth-order valence-corrected chi connectivity index (χ4v) is 3.22. The first-order valence-electron chi connectivity index (χ1n) is 7.55. The third-order valence-electron chi connectivity index (χ3n) is 4.44. The summed E-state index contributed by atoms with van der Waals surface area (Å²) in [5.41, 5.74) is 9.66. The van der Waals surface area contributed by atoms with Crippen molar-refractivity contribution in [3.63, 3.8) is 0 Å². The van der Waals surface area contributed by atoms with E-state index in [1.54, 1.807) is 0 Å². The van der Waals surface area contributed by atoms with Crippen LogP contribution < -0.4 is 0 Å². The fraction of sp³-hybridized carbons (Fsp3) is 0.562. The zero-order valence-electron chi connectivity index (χ0n) is 12.6. The van der Waals surface area contributed by atoms with Crippen molar-refractivity contribution in [2.45, 2.75) is 38.6 Å². The number of amides is 1. The van der Waals surface area contributed by atoms with Crippen LogP contribution in [-0.2, 0) is 4.79 Å². The summed E-state index contributed by atoms with van der Waals surface area (Å²) in [5, 5.41) is 3.56. The smallest absolute Gasteiger partial charge is 0.226 e. The maximum atomic E-state index is 12.5. The monoisotopic (exact) mass is 286 g/mol. The summed E-state index contributed by atoms with van der Waals surface area (Å²) in [7, 11) is 0. The Kier molecular flexibility index (Phi) is 5.23. The van der Waals surface area contributed by atoms with E-state index in [-0.39, 0.29) is 24.4 Å². The van der Waals surface area contributed by atoms with E-state index in [1.165, 1.54) is 5.56 Å². The Hall–Kier alpha value is -2.00. The maximum absolute atomic E-state index is 12.5. The first-order chi connectivity index (χ1) is 10.2. The molecule has 0 aromatic heterocycles. The maximum Gasteiger partial charge on any atom is 0.226 e. The molecule has 0 spiro atoms. The van der Waals surface area contributed by atoms with Crippen molar-refractivity contribution in [2.24, 2.45) is 11.0 Å². The van der Waals surface area contributed by atoms with Crippen LogP contribution in [0.5, 0.6) is 0 Å². The SMILES string of the molecule is CC[C@H]([C@H](C)c1ccccc1)N1CC[C@H](CN=[N+]=[N-])C1=O. The number of hydrogen-bond acceptors (Lipinski definition) is 2. The minimum absolute atomic E-state index is 0.136. The number of azide groups is 1. The van der Waals surface area contributed by atoms with E-state index in [4.69, 9.17) is 5.53 Å². The molecule has 1 heterocycles. The number of benzene rings is 1. The van der Waals surface area contributed by atoms with Crippen molar-refractivity contribution in [1.82, 2.24) is 4.90 Å². The summed E-state index contributed by atoms with van der Waals surface area (Å²) >= 11 is 0. The lowest BCUT2D eigenvalue weighted by atomic mass is 9.90. The molecule has 0 unspecified atom stereocenters. The number of rotatable bonds is 6. The highest BCUT2D eigenvalue weighted by atomic mass is 16.2. The van der Waals surface area contributed by atoms with Crippen LogP contribution in [0.4, 0.5) is 0 Å². The van der Waals surface area contributed by atoms with Crippen LogP contribution in [0, 0.1) is 5.92 Å². The molecule has 1 amide bonds. The van der Waals surface area contributed by atoms with Crippen LogP contribution in [0.1, 0.15) is 38.2 Å². The summed E-state index contributed by atoms with van der Waals surface area (Å²) in [4.78, 5) is 17.2. The second kappa shape index (κ2) is 7.14. The number of hydrogen-bond donors (Lipinski definition) is 0. The molecule has 112 valence electrons. The number of likely N-dealkylation sites (tertiary alicyclic amines) is 1. The van der Waals surface area contributed by atoms with E-state index >= 15 is 0 Å². The predicted octanol–water partition coefficient (Wildman–Crippen LogP) is 3.73. The van der Waals surface area contributed by atoms with Crippen LogP contribution in [0.2, 0.25) is 0 Å². The Bertz CT molecular complexity index is 524. The minimum Gasteiger partial charge on any atom is -0.339 e. The molecule has 1 aliphatic rings. The van der Waals surface area contributed by atoms with Crippen molar-refractivity contribution in [3.05, 3.63) is 46.3 Å². The van der Waals surface area contributed by atoms with Gasteiger partial charge in [0.25, 0.3) is 0 Å². The molecule has 1 aliphatic heterocycles. The molecular weight excluding hydrogens is 264 g/mol. The molecule has 1 fully saturated rings. The Morgan fingerprint density at radius 3 is 2.76 bits per heavy atom. The zero-order chi connectivity index (χ0) is 15.2. The van der Waals surface area contributed by atoms with Crippen LogP contribution in [0.3, 0.4) is 0 Å². The quantitative estimate of drug-likeness (QED) is 0.446. The lowest BCUT2D eigenvalue weighted by molar-refractivity contribution is -0.133. The van der Waals surface area contributed by atoms with Gasteiger partial charge in [0.1, 0.15) is 0 Å². The molecule has 1 saturated heterocycles. The molecule has 0 radical (unpaired) electrons. The van der Waals surface area contributed by atoms with Crippen molar-refractivity contribution in [3.8, 4) is 0 Å². The van der Waals surface area contributed by atoms with Crippen LogP contribution in [0.25, 0.3) is 10.4 Å². The van der Waals surface area contributed by atoms with Gasteiger partial charge in [-0.05, 0) is 23.9 Å². The van der Waals surface area contributed by atoms with Crippen molar-refractivity contribution in [2.75, 3.05) is 13.1 Å². The van der Waals surface area contributed by atoms with Gasteiger partial charge >= 0.3 is 0 Å². The summed E-state index contributed by atoms with van der Waals surface area (Å²) < 4.78 is 0. The van der Waals surface area contributed by atoms with E-state index < -0.39 is 0 Å². The normalized spacial score (nSPS) is 21.0. The summed E-state index contributed by atoms with van der Waals surface area (Å²) in [6.45, 7) is 5.35. The molecular formula is C16H22N4O. The second-order valence-electron chi connectivity index (χ2n) is 5.61. The van der Waals surface area contributed by atoms with Gasteiger partial charge in [-0.1, -0.05) is 49.3 Å². The average Bonchev–Trinajstić information content (AvgIpc) is 2.88. The molecule has 0 bridgehead atoms. The average molecular weight is 286 g/mol. The Morgan fingerprint density at radius 1 is 1.43 bits per heavy atom. The van der Waals surface area contributed by atoms with E-state index in [1.807, 2.05) is 23.1 Å². The van der Waals surface area contributed by atoms with Gasteiger partial charge in [0.15, 0.2) is 0 Å². The first-order valence-corrected chi connectivity index (χ1v) is 7.55. The summed E-state index contributed by atoms with van der Waals surface area (Å²) in [5.74, 6) is 0.299. The van der Waals surface area contributed by atoms with Gasteiger partial charge in [-0.15, -0.1) is 0 Å². The van der Waals surface area contributed by atoms with Gasteiger partial charge in [-0.2, -0.15) is 0 Å². The standard InChI is InChI=1S/C16H22N4O/c1-3-15(12(2)13-7-5-4-6-8-13)20-10-9-14(16(20)21)11-18-19-17/h4-8,12,14-15H,3,9-11H2,1-2H3/t12-,14-,15-/m1/s1. The van der Waals surface area contributed by atoms with E-state index in [0.717, 1.165) is 19.4 Å². The number of nitrogens with zero attached hydrogens (tertiary/aromatic N) is 4. The number of carbonyl (C=O) groups is 1. The van der Waals surface area contributed by atoms with Gasteiger partial charge in [0.05, 0.1) is 0 Å². The third-order valence-corrected chi connectivity index (χ3v) is 4.44. The molecule has 1 aromatic carbocycles. The molecule has 0 N–H and O–H groups in total. The largest absolute Gasteiger partial charge is 0.339 e. The van der Waals surface area contributed by atoms with E-state index in [2.05, 4.69) is 36.0 Å². The Labute approximate surface area is 125 Å². The molecule has 5 nitrogen and oxygen atoms in total. The number of carbonyl (C=O) groups excluding carboxylic acids is 1. The molecule has 2 rings (SSSR count). The lowest BCUT2D eigenvalue weighted by Gasteiger charge is -2.32. The van der Waals surface area contributed by atoms with Gasteiger partial charge in [-0.25, -0.2) is 0 Å². The highest BCUT2D eigenvalue weighted by molar-refractivity contribution is 5.81. The zero-order valence-corrected chi connectivity index (χ0v) is 12.6. The van der Waals surface area contributed by atoms with Crippen molar-refractivity contribution < 1.29 is 4.79 Å². The second-order valence-corrected chi connectivity index (χ2v) is 5.61. The lowest BCUT2D eigenvalue weighted by Crippen LogP contribution is -2.40. The van der Waals surface area contributed by atoms with Crippen LogP contribution >= 0.6 is 0 Å². The Balaban J connectivity index is 2.11. The molecule has 3 atom stereocenters. The third kappa shape index (κ3) is 3.37. The molecule has 0 aliphatic carbocycles. The molecule has 1 aromatic rings. The highest BCUT2D eigenvalue weighted by Crippen LogP contribution is 2.30. The Morgan fingerprint density at radius 2 is 2.14 bits per heavy atom. The van der Waals surface area contributed by atoms with Gasteiger partial charge in [0, 0.05) is 35.9 Å². The summed E-state index contributed by atoms with van der Waals surface area (Å²) in [6, 6.07) is 10.5. The van der Waals surface area contributed by atoms with Gasteiger partial charge < -0.3 is 4.90 Å². The topological polar surface area (TPSA) is 69.1 Å². The fourth-order valence-electron chi connectivity index (χ4n) is 3.22. The van der Waals surface area contributed by atoms with Crippen LogP contribution in [0.15, 0.2) is 35.4 Å².